The average molecular weight is 212 g/mol. The molecule has 0 atom stereocenters. The van der Waals surface area contributed by atoms with E-state index in [2.05, 4.69) is 5.32 Å². The second kappa shape index (κ2) is 3.34. The molecule has 4 nitrogen and oxygen atoms in total. The first-order chi connectivity index (χ1) is 6.59. The standard InChI is InChI=1S/C9H12N2O2S/c10-14(12,13)9-3-1-2-7-6-11-5-4-8(7)9/h1-3,11H,4-6H2,(H2,10,12,13). The van der Waals surface area contributed by atoms with Crippen LogP contribution in [0.25, 0.3) is 0 Å². The van der Waals surface area contributed by atoms with Crippen molar-refractivity contribution in [2.45, 2.75) is 17.9 Å². The molecule has 1 aliphatic rings. The van der Waals surface area contributed by atoms with E-state index in [1.807, 2.05) is 6.07 Å². The zero-order chi connectivity index (χ0) is 10.2. The number of sulfonamides is 1. The van der Waals surface area contributed by atoms with Crippen LogP contribution in [0, 0.1) is 0 Å². The summed E-state index contributed by atoms with van der Waals surface area (Å²) in [5, 5.41) is 8.32. The number of hydrogen-bond acceptors (Lipinski definition) is 3. The van der Waals surface area contributed by atoms with Crippen LogP contribution in [0.15, 0.2) is 23.1 Å². The quantitative estimate of drug-likeness (QED) is 0.687. The minimum absolute atomic E-state index is 0.275. The summed E-state index contributed by atoms with van der Waals surface area (Å²) in [5.74, 6) is 0. The van der Waals surface area contributed by atoms with Gasteiger partial charge in [-0.3, -0.25) is 0 Å². The van der Waals surface area contributed by atoms with Crippen molar-refractivity contribution >= 4 is 10.0 Å². The highest BCUT2D eigenvalue weighted by Gasteiger charge is 2.18. The summed E-state index contributed by atoms with van der Waals surface area (Å²) in [6, 6.07) is 5.22. The summed E-state index contributed by atoms with van der Waals surface area (Å²) in [4.78, 5) is 0.275. The molecular formula is C9H12N2O2S. The number of fused-ring (bicyclic) bond motifs is 1. The van der Waals surface area contributed by atoms with Crippen LogP contribution in [-0.2, 0) is 23.0 Å². The molecule has 2 rings (SSSR count). The lowest BCUT2D eigenvalue weighted by molar-refractivity contribution is 0.590. The van der Waals surface area contributed by atoms with Crippen molar-refractivity contribution in [1.82, 2.24) is 5.32 Å². The van der Waals surface area contributed by atoms with Crippen molar-refractivity contribution in [3.8, 4) is 0 Å². The Labute approximate surface area is 83.2 Å². The third-order valence-electron chi connectivity index (χ3n) is 2.40. The summed E-state index contributed by atoms with van der Waals surface area (Å²) in [6.07, 6.45) is 0.724. The first kappa shape index (κ1) is 9.64. The van der Waals surface area contributed by atoms with Gasteiger partial charge in [-0.05, 0) is 30.2 Å². The van der Waals surface area contributed by atoms with Gasteiger partial charge in [-0.1, -0.05) is 12.1 Å². The van der Waals surface area contributed by atoms with E-state index in [0.29, 0.717) is 0 Å². The maximum Gasteiger partial charge on any atom is 0.238 e. The molecule has 1 aromatic carbocycles. The van der Waals surface area contributed by atoms with Gasteiger partial charge in [-0.2, -0.15) is 0 Å². The normalized spacial score (nSPS) is 16.4. The van der Waals surface area contributed by atoms with E-state index in [4.69, 9.17) is 5.14 Å². The number of nitrogens with one attached hydrogen (secondary N) is 1. The van der Waals surface area contributed by atoms with E-state index in [0.717, 1.165) is 30.6 Å². The number of hydrogen-bond donors (Lipinski definition) is 2. The lowest BCUT2D eigenvalue weighted by Gasteiger charge is -2.19. The lowest BCUT2D eigenvalue weighted by atomic mass is 10.0. The van der Waals surface area contributed by atoms with Gasteiger partial charge >= 0.3 is 0 Å². The van der Waals surface area contributed by atoms with Crippen LogP contribution in [0.4, 0.5) is 0 Å². The molecule has 0 aliphatic carbocycles. The van der Waals surface area contributed by atoms with Crippen LogP contribution in [0.5, 0.6) is 0 Å². The summed E-state index contributed by atoms with van der Waals surface area (Å²) in [5.41, 5.74) is 1.90. The van der Waals surface area contributed by atoms with Crippen molar-refractivity contribution in [3.63, 3.8) is 0 Å². The summed E-state index contributed by atoms with van der Waals surface area (Å²) in [7, 11) is -3.57. The van der Waals surface area contributed by atoms with Gasteiger partial charge in [0.2, 0.25) is 10.0 Å². The molecular weight excluding hydrogens is 200 g/mol. The van der Waals surface area contributed by atoms with E-state index in [1.54, 1.807) is 12.1 Å². The molecule has 1 aromatic rings. The number of primary sulfonamides is 1. The van der Waals surface area contributed by atoms with E-state index < -0.39 is 10.0 Å². The van der Waals surface area contributed by atoms with Crippen LogP contribution in [0.3, 0.4) is 0 Å². The molecule has 0 fully saturated rings. The number of benzene rings is 1. The molecule has 1 heterocycles. The number of nitrogens with two attached hydrogens (primary N) is 1. The molecule has 0 spiro atoms. The molecule has 3 N–H and O–H groups in total. The fraction of sp³-hybridized carbons (Fsp3) is 0.333. The minimum atomic E-state index is -3.57. The third-order valence-corrected chi connectivity index (χ3v) is 3.40. The van der Waals surface area contributed by atoms with Crippen molar-refractivity contribution in [2.75, 3.05) is 6.54 Å². The van der Waals surface area contributed by atoms with Gasteiger partial charge in [0, 0.05) is 6.54 Å². The van der Waals surface area contributed by atoms with Crippen molar-refractivity contribution in [2.24, 2.45) is 5.14 Å². The van der Waals surface area contributed by atoms with Gasteiger partial charge in [-0.15, -0.1) is 0 Å². The molecule has 0 unspecified atom stereocenters. The molecule has 1 aliphatic heterocycles. The average Bonchev–Trinajstić information content (AvgIpc) is 2.15. The Morgan fingerprint density at radius 2 is 2.14 bits per heavy atom. The Morgan fingerprint density at radius 3 is 2.86 bits per heavy atom. The van der Waals surface area contributed by atoms with Crippen molar-refractivity contribution in [1.29, 1.82) is 0 Å². The maximum absolute atomic E-state index is 11.3. The Balaban J connectivity index is 2.62. The summed E-state index contributed by atoms with van der Waals surface area (Å²) >= 11 is 0. The Hall–Kier alpha value is -0.910. The molecule has 14 heavy (non-hydrogen) atoms. The monoisotopic (exact) mass is 212 g/mol. The van der Waals surface area contributed by atoms with Crippen LogP contribution >= 0.6 is 0 Å². The molecule has 0 amide bonds. The first-order valence-electron chi connectivity index (χ1n) is 4.43. The van der Waals surface area contributed by atoms with Crippen molar-refractivity contribution < 1.29 is 8.42 Å². The fourth-order valence-electron chi connectivity index (χ4n) is 1.76. The van der Waals surface area contributed by atoms with E-state index in [9.17, 15) is 8.42 Å². The van der Waals surface area contributed by atoms with Gasteiger partial charge in [0.15, 0.2) is 0 Å². The zero-order valence-electron chi connectivity index (χ0n) is 7.66. The zero-order valence-corrected chi connectivity index (χ0v) is 8.47. The second-order valence-electron chi connectivity index (χ2n) is 3.37. The second-order valence-corrected chi connectivity index (χ2v) is 4.90. The smallest absolute Gasteiger partial charge is 0.238 e. The highest BCUT2D eigenvalue weighted by Crippen LogP contribution is 2.21. The molecule has 0 aromatic heterocycles. The SMILES string of the molecule is NS(=O)(=O)c1cccc2c1CCNC2. The number of rotatable bonds is 1. The van der Waals surface area contributed by atoms with Crippen LogP contribution < -0.4 is 10.5 Å². The topological polar surface area (TPSA) is 72.2 Å². The molecule has 0 radical (unpaired) electrons. The van der Waals surface area contributed by atoms with Gasteiger partial charge in [0.1, 0.15) is 0 Å². The third kappa shape index (κ3) is 1.66. The van der Waals surface area contributed by atoms with E-state index in [1.165, 1.54) is 0 Å². The molecule has 0 bridgehead atoms. The Morgan fingerprint density at radius 1 is 1.36 bits per heavy atom. The van der Waals surface area contributed by atoms with Gasteiger partial charge < -0.3 is 5.32 Å². The largest absolute Gasteiger partial charge is 0.312 e. The predicted octanol–water partition coefficient (Wildman–Crippen LogP) is -0.0203. The summed E-state index contributed by atoms with van der Waals surface area (Å²) in [6.45, 7) is 1.53. The van der Waals surface area contributed by atoms with Crippen LogP contribution in [0.2, 0.25) is 0 Å². The molecule has 0 saturated carbocycles. The van der Waals surface area contributed by atoms with Gasteiger partial charge in [0.25, 0.3) is 0 Å². The molecule has 5 heteroatoms. The van der Waals surface area contributed by atoms with Gasteiger partial charge in [0.05, 0.1) is 4.90 Å². The fourth-order valence-corrected chi connectivity index (χ4v) is 2.61. The van der Waals surface area contributed by atoms with Crippen molar-refractivity contribution in [3.05, 3.63) is 29.3 Å². The van der Waals surface area contributed by atoms with Gasteiger partial charge in [-0.25, -0.2) is 13.6 Å². The van der Waals surface area contributed by atoms with E-state index >= 15 is 0 Å². The maximum atomic E-state index is 11.3. The first-order valence-corrected chi connectivity index (χ1v) is 5.98. The molecule has 0 saturated heterocycles. The van der Waals surface area contributed by atoms with Crippen LogP contribution in [-0.4, -0.2) is 15.0 Å². The molecule has 76 valence electrons. The minimum Gasteiger partial charge on any atom is -0.312 e. The highest BCUT2D eigenvalue weighted by molar-refractivity contribution is 7.89. The summed E-state index contributed by atoms with van der Waals surface area (Å²) < 4.78 is 22.5. The van der Waals surface area contributed by atoms with Crippen LogP contribution in [0.1, 0.15) is 11.1 Å². The predicted molar refractivity (Wildman–Crippen MR) is 53.2 cm³/mol. The Kier molecular flexibility index (Phi) is 2.30. The highest BCUT2D eigenvalue weighted by atomic mass is 32.2. The Bertz CT molecular complexity index is 454. The van der Waals surface area contributed by atoms with E-state index in [-0.39, 0.29) is 4.90 Å². The lowest BCUT2D eigenvalue weighted by Crippen LogP contribution is -2.26.